The zero-order valence-corrected chi connectivity index (χ0v) is 10.8. The average Bonchev–Trinajstić information content (AvgIpc) is 2.64. The fourth-order valence-electron chi connectivity index (χ4n) is 1.95. The summed E-state index contributed by atoms with van der Waals surface area (Å²) in [4.78, 5) is 4.86. The number of hydrogen-bond acceptors (Lipinski definition) is 2. The van der Waals surface area contributed by atoms with Crippen LogP contribution in [-0.4, -0.2) is 27.9 Å². The lowest BCUT2D eigenvalue weighted by molar-refractivity contribution is 0.404. The van der Waals surface area contributed by atoms with E-state index in [-0.39, 0.29) is 5.54 Å². The average molecular weight is 243 g/mol. The summed E-state index contributed by atoms with van der Waals surface area (Å²) in [5.74, 6) is 0.804. The van der Waals surface area contributed by atoms with Crippen molar-refractivity contribution in [3.8, 4) is 0 Å². The van der Waals surface area contributed by atoms with Crippen LogP contribution < -0.4 is 5.32 Å². The number of thiocarbonyl (C=S) groups is 1. The van der Waals surface area contributed by atoms with Crippen molar-refractivity contribution in [1.82, 2.24) is 14.9 Å². The lowest BCUT2D eigenvalue weighted by Gasteiger charge is -2.37. The number of allylic oxidation sites excluding steroid dienone is 1. The summed E-state index contributed by atoms with van der Waals surface area (Å²) >= 11 is 5.31. The number of aromatic nitrogens is 2. The Balaban J connectivity index is 2.34. The first-order valence-electron chi connectivity index (χ1n) is 5.39. The van der Waals surface area contributed by atoms with Crippen LogP contribution in [0.25, 0.3) is 0 Å². The molecule has 1 unspecified atom stereocenters. The van der Waals surface area contributed by atoms with Crippen LogP contribution in [0, 0.1) is 0 Å². The molecule has 0 aromatic carbocycles. The minimum Gasteiger partial charge on any atom is -0.362 e. The zero-order valence-electron chi connectivity index (χ0n) is 10.0. The molecule has 0 bridgehead atoms. The van der Waals surface area contributed by atoms with E-state index in [1.165, 1.54) is 0 Å². The van der Waals surface area contributed by atoms with E-state index in [0.717, 1.165) is 23.4 Å². The molecule has 2 heterocycles. The quantitative estimate of drug-likeness (QED) is 0.485. The molecule has 86 valence electrons. The second-order valence-electron chi connectivity index (χ2n) is 4.58. The highest BCUT2D eigenvalue weighted by Crippen LogP contribution is 2.24. The first kappa shape index (κ1) is 12.1. The summed E-state index contributed by atoms with van der Waals surface area (Å²) in [6, 6.07) is 0. The fraction of sp³-hybridized carbons (Fsp3) is 0.333. The number of nitrogens with one attached hydrogen (secondary N) is 1. The second kappa shape index (κ2) is 4.15. The Morgan fingerprint density at radius 1 is 1.76 bits per heavy atom. The molecule has 1 aromatic heterocycles. The van der Waals surface area contributed by atoms with E-state index in [1.54, 1.807) is 6.20 Å². The van der Waals surface area contributed by atoms with Gasteiger partial charge in [-0.2, -0.15) is 0 Å². The SMILES string of the molecule is [B]C(C)=CC(=C)C1(C)Cn2ccnc2C(=S)N1. The van der Waals surface area contributed by atoms with Gasteiger partial charge in [0, 0.05) is 12.4 Å². The topological polar surface area (TPSA) is 29.9 Å². The van der Waals surface area contributed by atoms with Crippen LogP contribution in [0.4, 0.5) is 0 Å². The Morgan fingerprint density at radius 2 is 2.47 bits per heavy atom. The molecule has 0 saturated carbocycles. The Hall–Kier alpha value is -1.36. The van der Waals surface area contributed by atoms with Gasteiger partial charge in [0.25, 0.3) is 0 Å². The molecule has 0 amide bonds. The molecular weight excluding hydrogens is 229 g/mol. The summed E-state index contributed by atoms with van der Waals surface area (Å²) in [6.07, 6.45) is 5.55. The summed E-state index contributed by atoms with van der Waals surface area (Å²) < 4.78 is 2.03. The summed E-state index contributed by atoms with van der Waals surface area (Å²) in [7, 11) is 5.69. The van der Waals surface area contributed by atoms with Crippen molar-refractivity contribution in [2.75, 3.05) is 0 Å². The highest BCUT2D eigenvalue weighted by Gasteiger charge is 2.33. The molecule has 0 fully saturated rings. The van der Waals surface area contributed by atoms with Crippen LogP contribution in [-0.2, 0) is 6.54 Å². The van der Waals surface area contributed by atoms with Crippen molar-refractivity contribution in [3.05, 3.63) is 41.9 Å². The van der Waals surface area contributed by atoms with Crippen LogP contribution in [0.15, 0.2) is 36.1 Å². The van der Waals surface area contributed by atoms with Gasteiger partial charge in [0.1, 0.15) is 12.8 Å². The molecule has 0 spiro atoms. The summed E-state index contributed by atoms with van der Waals surface area (Å²) in [6.45, 7) is 8.72. The number of hydrogen-bond donors (Lipinski definition) is 1. The number of rotatable bonds is 2. The maximum absolute atomic E-state index is 5.69. The Kier molecular flexibility index (Phi) is 2.95. The molecule has 1 aliphatic rings. The first-order chi connectivity index (χ1) is 7.92. The minimum absolute atomic E-state index is 0.314. The molecule has 0 saturated heterocycles. The van der Waals surface area contributed by atoms with Crippen LogP contribution >= 0.6 is 12.2 Å². The zero-order chi connectivity index (χ0) is 12.6. The van der Waals surface area contributed by atoms with Crippen LogP contribution in [0.2, 0.25) is 0 Å². The smallest absolute Gasteiger partial charge is 0.167 e. The van der Waals surface area contributed by atoms with E-state index < -0.39 is 0 Å². The van der Waals surface area contributed by atoms with Crippen molar-refractivity contribution < 1.29 is 0 Å². The van der Waals surface area contributed by atoms with E-state index in [4.69, 9.17) is 20.1 Å². The van der Waals surface area contributed by atoms with Crippen LogP contribution in [0.3, 0.4) is 0 Å². The van der Waals surface area contributed by atoms with Gasteiger partial charge in [-0.15, -0.1) is 5.47 Å². The first-order valence-corrected chi connectivity index (χ1v) is 5.80. The Labute approximate surface area is 108 Å². The van der Waals surface area contributed by atoms with Crippen LogP contribution in [0.5, 0.6) is 0 Å². The van der Waals surface area contributed by atoms with Crippen molar-refractivity contribution in [2.45, 2.75) is 25.9 Å². The number of imidazole rings is 1. The van der Waals surface area contributed by atoms with Gasteiger partial charge in [-0.05, 0) is 12.5 Å². The van der Waals surface area contributed by atoms with E-state index in [2.05, 4.69) is 23.8 Å². The third-order valence-electron chi connectivity index (χ3n) is 2.91. The predicted octanol–water partition coefficient (Wildman–Crippen LogP) is 1.55. The van der Waals surface area contributed by atoms with Gasteiger partial charge < -0.3 is 9.88 Å². The summed E-state index contributed by atoms with van der Waals surface area (Å²) in [5.41, 5.74) is 1.34. The van der Waals surface area contributed by atoms with Gasteiger partial charge >= 0.3 is 0 Å². The molecule has 1 aromatic rings. The lowest BCUT2D eigenvalue weighted by atomic mass is 9.86. The summed E-state index contributed by atoms with van der Waals surface area (Å²) in [5, 5.41) is 3.29. The van der Waals surface area contributed by atoms with E-state index in [9.17, 15) is 0 Å². The molecular formula is C12H14BN3S. The van der Waals surface area contributed by atoms with E-state index >= 15 is 0 Å². The molecule has 0 aliphatic carbocycles. The standard InChI is InChI=1S/C12H14BN3S/c1-8(6-9(2)13)12(3)7-16-5-4-14-10(16)11(17)15-12/h4-6H,1,7H2,2-3H3,(H,15,17). The third-order valence-corrected chi connectivity index (χ3v) is 3.19. The van der Waals surface area contributed by atoms with Gasteiger partial charge in [-0.1, -0.05) is 31.8 Å². The lowest BCUT2D eigenvalue weighted by Crippen LogP contribution is -2.54. The predicted molar refractivity (Wildman–Crippen MR) is 74.1 cm³/mol. The molecule has 3 nitrogen and oxygen atoms in total. The van der Waals surface area contributed by atoms with Gasteiger partial charge in [0.15, 0.2) is 5.82 Å². The minimum atomic E-state index is -0.314. The molecule has 5 heteroatoms. The molecule has 2 rings (SSSR count). The number of fused-ring (bicyclic) bond motifs is 1. The Morgan fingerprint density at radius 3 is 3.12 bits per heavy atom. The Bertz CT molecular complexity index is 514. The van der Waals surface area contributed by atoms with Crippen molar-refractivity contribution in [1.29, 1.82) is 0 Å². The van der Waals surface area contributed by atoms with E-state index in [1.807, 2.05) is 23.8 Å². The molecule has 1 aliphatic heterocycles. The highest BCUT2D eigenvalue weighted by atomic mass is 32.1. The van der Waals surface area contributed by atoms with Crippen molar-refractivity contribution >= 4 is 25.1 Å². The highest BCUT2D eigenvalue weighted by molar-refractivity contribution is 7.80. The van der Waals surface area contributed by atoms with Crippen molar-refractivity contribution in [2.24, 2.45) is 0 Å². The molecule has 1 atom stereocenters. The van der Waals surface area contributed by atoms with Crippen molar-refractivity contribution in [3.63, 3.8) is 0 Å². The third kappa shape index (κ3) is 2.20. The molecule has 2 radical (unpaired) electrons. The largest absolute Gasteiger partial charge is 0.362 e. The monoisotopic (exact) mass is 243 g/mol. The van der Waals surface area contributed by atoms with Gasteiger partial charge in [0.05, 0.1) is 12.1 Å². The fourth-order valence-corrected chi connectivity index (χ4v) is 2.34. The normalized spacial score (nSPS) is 24.1. The molecule has 1 N–H and O–H groups in total. The maximum atomic E-state index is 5.69. The molecule has 17 heavy (non-hydrogen) atoms. The van der Waals surface area contributed by atoms with Gasteiger partial charge in [-0.3, -0.25) is 0 Å². The maximum Gasteiger partial charge on any atom is 0.167 e. The van der Waals surface area contributed by atoms with E-state index in [0.29, 0.717) is 4.99 Å². The van der Waals surface area contributed by atoms with Gasteiger partial charge in [-0.25, -0.2) is 4.98 Å². The van der Waals surface area contributed by atoms with Gasteiger partial charge in [0.2, 0.25) is 0 Å². The number of nitrogens with zero attached hydrogens (tertiary/aromatic N) is 2. The van der Waals surface area contributed by atoms with Crippen LogP contribution in [0.1, 0.15) is 19.7 Å². The second-order valence-corrected chi connectivity index (χ2v) is 4.99.